The van der Waals surface area contributed by atoms with Crippen molar-refractivity contribution in [1.82, 2.24) is 0 Å². The van der Waals surface area contributed by atoms with Crippen LogP contribution in [-0.4, -0.2) is 96.7 Å². The smallest absolute Gasteiger partial charge is 0.462 e. The quantitative estimate of drug-likeness (QED) is 0.0222. The summed E-state index contributed by atoms with van der Waals surface area (Å²) in [6, 6.07) is 0. The second kappa shape index (κ2) is 60.7. The SMILES string of the molecule is CCC(C)CCCCCCCCC(=O)OC[C@H](COP(=O)(O)OC[C@H](O)COP(=O)(O)OC[C@@H](COC(=O)CCCCCCCCCCCCCCCCCCC(C)C)OC(=O)CCCCCCCCCCC(C)C)OC(=O)CCCCCCCCC(C)CC. The van der Waals surface area contributed by atoms with Crippen LogP contribution < -0.4 is 0 Å². The molecule has 0 amide bonds. The first kappa shape index (κ1) is 88.1. The first-order chi connectivity index (χ1) is 43.2. The summed E-state index contributed by atoms with van der Waals surface area (Å²) < 4.78 is 68.2. The van der Waals surface area contributed by atoms with Gasteiger partial charge in [0.2, 0.25) is 0 Å². The summed E-state index contributed by atoms with van der Waals surface area (Å²) in [7, 11) is -9.90. The van der Waals surface area contributed by atoms with Gasteiger partial charge in [0.25, 0.3) is 0 Å². The maximum absolute atomic E-state index is 13.0. The topological polar surface area (TPSA) is 237 Å². The number of ether oxygens (including phenoxy) is 4. The zero-order valence-corrected chi connectivity index (χ0v) is 60.6. The lowest BCUT2D eigenvalue weighted by Crippen LogP contribution is -2.30. The fraction of sp³-hybridized carbons (Fsp3) is 0.944. The van der Waals surface area contributed by atoms with Crippen molar-refractivity contribution in [2.45, 2.75) is 369 Å². The highest BCUT2D eigenvalue weighted by molar-refractivity contribution is 7.47. The largest absolute Gasteiger partial charge is 0.472 e. The van der Waals surface area contributed by atoms with Gasteiger partial charge in [0.15, 0.2) is 12.2 Å². The monoisotopic (exact) mass is 1320 g/mol. The van der Waals surface area contributed by atoms with Crippen molar-refractivity contribution in [1.29, 1.82) is 0 Å². The van der Waals surface area contributed by atoms with Gasteiger partial charge in [-0.15, -0.1) is 0 Å². The molecule has 0 aliphatic heterocycles. The van der Waals surface area contributed by atoms with E-state index >= 15 is 0 Å². The van der Waals surface area contributed by atoms with Crippen LogP contribution in [0.4, 0.5) is 0 Å². The van der Waals surface area contributed by atoms with Gasteiger partial charge in [0, 0.05) is 25.7 Å². The highest BCUT2D eigenvalue weighted by Gasteiger charge is 2.30. The normalized spacial score (nSPS) is 14.9. The Kier molecular flexibility index (Phi) is 59.4. The highest BCUT2D eigenvalue weighted by Crippen LogP contribution is 2.45. The van der Waals surface area contributed by atoms with Gasteiger partial charge in [-0.1, -0.05) is 299 Å². The maximum Gasteiger partial charge on any atom is 0.472 e. The van der Waals surface area contributed by atoms with Crippen molar-refractivity contribution in [2.75, 3.05) is 39.6 Å². The molecule has 0 aromatic rings. The second-order valence-corrected chi connectivity index (χ2v) is 30.0. The minimum atomic E-state index is -4.95. The van der Waals surface area contributed by atoms with Crippen LogP contribution in [0.15, 0.2) is 0 Å². The fourth-order valence-electron chi connectivity index (χ4n) is 10.6. The molecule has 90 heavy (non-hydrogen) atoms. The number of carbonyl (C=O) groups excluding carboxylic acids is 4. The number of esters is 4. The molecule has 3 N–H and O–H groups in total. The van der Waals surface area contributed by atoms with Gasteiger partial charge < -0.3 is 33.8 Å². The van der Waals surface area contributed by atoms with E-state index in [4.69, 9.17) is 37.0 Å². The molecule has 0 aliphatic rings. The Morgan fingerprint density at radius 2 is 0.533 bits per heavy atom. The van der Waals surface area contributed by atoms with E-state index in [1.165, 1.54) is 148 Å². The van der Waals surface area contributed by atoms with Crippen molar-refractivity contribution in [3.05, 3.63) is 0 Å². The van der Waals surface area contributed by atoms with Crippen LogP contribution in [0, 0.1) is 23.7 Å². The Labute approximate surface area is 549 Å². The minimum absolute atomic E-state index is 0.102. The molecule has 0 radical (unpaired) electrons. The lowest BCUT2D eigenvalue weighted by atomic mass is 10.00. The van der Waals surface area contributed by atoms with Gasteiger partial charge in [-0.3, -0.25) is 37.3 Å². The van der Waals surface area contributed by atoms with Gasteiger partial charge in [-0.2, -0.15) is 0 Å². The predicted octanol–water partition coefficient (Wildman–Crippen LogP) is 20.1. The molecular weight excluding hydrogens is 1190 g/mol. The van der Waals surface area contributed by atoms with Crippen LogP contribution in [0.1, 0.15) is 351 Å². The minimum Gasteiger partial charge on any atom is -0.462 e. The second-order valence-electron chi connectivity index (χ2n) is 27.1. The number of aliphatic hydroxyl groups excluding tert-OH is 1. The van der Waals surface area contributed by atoms with E-state index in [1.54, 1.807) is 0 Å². The van der Waals surface area contributed by atoms with E-state index in [1.807, 2.05) is 0 Å². The molecule has 17 nitrogen and oxygen atoms in total. The highest BCUT2D eigenvalue weighted by atomic mass is 31.2. The standard InChI is InChI=1S/C71H138O17P2/c1-9-63(7)49-41-33-27-29-36-44-52-69(74)82-58-67(88-71(76)54-46-38-30-28-34-42-50-64(8)10-2)60-86-90(79,80)84-56-65(72)55-83-89(77,78)85-59-66(87-70(75)53-45-37-26-22-21-24-32-40-48-62(5)6)57-81-68(73)51-43-35-25-20-18-16-14-12-11-13-15-17-19-23-31-39-47-61(3)4/h61-67,72H,9-60H2,1-8H3,(H,77,78)(H,79,80)/t63?,64?,65-,66-,67-/m1/s1. The summed E-state index contributed by atoms with van der Waals surface area (Å²) in [5.74, 6) is 0.848. The Balaban J connectivity index is 5.18. The molecule has 4 unspecified atom stereocenters. The van der Waals surface area contributed by atoms with Crippen molar-refractivity contribution in [2.24, 2.45) is 23.7 Å². The van der Waals surface area contributed by atoms with E-state index in [2.05, 4.69) is 55.4 Å². The third-order valence-corrected chi connectivity index (χ3v) is 18.9. The number of rotatable bonds is 68. The molecule has 19 heteroatoms. The third-order valence-electron chi connectivity index (χ3n) is 17.0. The molecule has 0 aromatic carbocycles. The van der Waals surface area contributed by atoms with Crippen LogP contribution in [0.25, 0.3) is 0 Å². The molecule has 0 rings (SSSR count). The molecular formula is C71H138O17P2. The first-order valence-electron chi connectivity index (χ1n) is 36.8. The molecule has 0 saturated heterocycles. The van der Waals surface area contributed by atoms with Gasteiger partial charge in [0.1, 0.15) is 19.3 Å². The zero-order valence-electron chi connectivity index (χ0n) is 58.8. The van der Waals surface area contributed by atoms with Crippen LogP contribution in [-0.2, 0) is 65.4 Å². The molecule has 0 saturated carbocycles. The zero-order chi connectivity index (χ0) is 66.8. The van der Waals surface area contributed by atoms with Crippen LogP contribution in [0.3, 0.4) is 0 Å². The molecule has 0 aromatic heterocycles. The summed E-state index contributed by atoms with van der Waals surface area (Å²) in [5.41, 5.74) is 0. The molecule has 0 bridgehead atoms. The van der Waals surface area contributed by atoms with Gasteiger partial charge in [-0.25, -0.2) is 9.13 Å². The molecule has 0 aliphatic carbocycles. The number of hydrogen-bond acceptors (Lipinski definition) is 15. The Morgan fingerprint density at radius 3 is 0.789 bits per heavy atom. The van der Waals surface area contributed by atoms with Crippen LogP contribution >= 0.6 is 15.6 Å². The summed E-state index contributed by atoms with van der Waals surface area (Å²) in [5, 5.41) is 10.6. The molecule has 0 spiro atoms. The van der Waals surface area contributed by atoms with Crippen LogP contribution in [0.2, 0.25) is 0 Å². The fourth-order valence-corrected chi connectivity index (χ4v) is 12.2. The molecule has 0 heterocycles. The van der Waals surface area contributed by atoms with Crippen molar-refractivity contribution in [3.8, 4) is 0 Å². The van der Waals surface area contributed by atoms with E-state index in [9.17, 15) is 43.2 Å². The van der Waals surface area contributed by atoms with E-state index < -0.39 is 97.5 Å². The van der Waals surface area contributed by atoms with Gasteiger partial charge >= 0.3 is 39.5 Å². The number of phosphoric ester groups is 2. The predicted molar refractivity (Wildman–Crippen MR) is 363 cm³/mol. The summed E-state index contributed by atoms with van der Waals surface area (Å²) in [6.07, 6.45) is 43.3. The van der Waals surface area contributed by atoms with Crippen molar-refractivity contribution < 1.29 is 80.2 Å². The lowest BCUT2D eigenvalue weighted by molar-refractivity contribution is -0.161. The Bertz CT molecular complexity index is 1790. The number of phosphoric acid groups is 2. The summed E-state index contributed by atoms with van der Waals surface area (Å²) in [6.45, 7) is 14.1. The van der Waals surface area contributed by atoms with Crippen molar-refractivity contribution in [3.63, 3.8) is 0 Å². The molecule has 0 fully saturated rings. The lowest BCUT2D eigenvalue weighted by Gasteiger charge is -2.21. The van der Waals surface area contributed by atoms with Gasteiger partial charge in [-0.05, 0) is 49.4 Å². The van der Waals surface area contributed by atoms with Gasteiger partial charge in [0.05, 0.1) is 26.4 Å². The molecule has 534 valence electrons. The number of hydrogen-bond donors (Lipinski definition) is 3. The van der Waals surface area contributed by atoms with E-state index in [-0.39, 0.29) is 25.7 Å². The Hall–Kier alpha value is -1.94. The number of unbranched alkanes of at least 4 members (excludes halogenated alkanes) is 32. The molecule has 7 atom stereocenters. The van der Waals surface area contributed by atoms with E-state index in [0.717, 1.165) is 120 Å². The van der Waals surface area contributed by atoms with E-state index in [0.29, 0.717) is 25.7 Å². The average Bonchev–Trinajstić information content (AvgIpc) is 3.72. The van der Waals surface area contributed by atoms with Crippen LogP contribution in [0.5, 0.6) is 0 Å². The first-order valence-corrected chi connectivity index (χ1v) is 39.8. The average molecular weight is 1330 g/mol. The third kappa shape index (κ3) is 62.2. The Morgan fingerprint density at radius 1 is 0.311 bits per heavy atom. The summed E-state index contributed by atoms with van der Waals surface area (Å²) >= 11 is 0. The number of carbonyl (C=O) groups is 4. The maximum atomic E-state index is 13.0. The van der Waals surface area contributed by atoms with Crippen molar-refractivity contribution >= 4 is 39.5 Å². The number of aliphatic hydroxyl groups is 1. The summed E-state index contributed by atoms with van der Waals surface area (Å²) in [4.78, 5) is 72.5.